The van der Waals surface area contributed by atoms with E-state index >= 15 is 0 Å². The van der Waals surface area contributed by atoms with Gasteiger partial charge in [0.1, 0.15) is 5.84 Å². The predicted octanol–water partition coefficient (Wildman–Crippen LogP) is 4.82. The van der Waals surface area contributed by atoms with Crippen molar-refractivity contribution in [2.45, 2.75) is 47.0 Å². The van der Waals surface area contributed by atoms with Gasteiger partial charge in [0.05, 0.1) is 0 Å². The minimum absolute atomic E-state index is 0.583. The first-order chi connectivity index (χ1) is 12.8. The maximum Gasteiger partial charge on any atom is 0.121 e. The Morgan fingerprint density at radius 2 is 1.70 bits per heavy atom. The van der Waals surface area contributed by atoms with Crippen molar-refractivity contribution in [3.05, 3.63) is 82.3 Å². The summed E-state index contributed by atoms with van der Waals surface area (Å²) in [5, 5.41) is 2.01. The molecule has 27 heavy (non-hydrogen) atoms. The molecule has 0 atom stereocenters. The van der Waals surface area contributed by atoms with Crippen molar-refractivity contribution in [3.8, 4) is 0 Å². The molecule has 0 saturated carbocycles. The highest BCUT2D eigenvalue weighted by Gasteiger charge is 2.07. The van der Waals surface area contributed by atoms with Gasteiger partial charge in [-0.05, 0) is 66.0 Å². The van der Waals surface area contributed by atoms with Crippen LogP contribution in [0.25, 0.3) is 12.2 Å². The minimum Gasteiger partial charge on any atom is -0.384 e. The van der Waals surface area contributed by atoms with Crippen LogP contribution in [0.3, 0.4) is 0 Å². The number of hydrogen-bond acceptors (Lipinski definition) is 1. The highest BCUT2D eigenvalue weighted by atomic mass is 14.8. The van der Waals surface area contributed by atoms with Gasteiger partial charge in [-0.3, -0.25) is 4.99 Å². The van der Waals surface area contributed by atoms with Crippen LogP contribution in [0.5, 0.6) is 0 Å². The van der Waals surface area contributed by atoms with Crippen LogP contribution in [0.4, 0.5) is 0 Å². The Kier molecular flexibility index (Phi) is 9.29. The van der Waals surface area contributed by atoms with Crippen molar-refractivity contribution >= 4 is 18.0 Å². The third-order valence-corrected chi connectivity index (χ3v) is 4.38. The van der Waals surface area contributed by atoms with Gasteiger partial charge < -0.3 is 5.73 Å². The van der Waals surface area contributed by atoms with E-state index in [4.69, 9.17) is 5.73 Å². The molecule has 1 aromatic carbocycles. The molecule has 2 heteroatoms. The summed E-state index contributed by atoms with van der Waals surface area (Å²) in [4.78, 5) is 4.52. The maximum absolute atomic E-state index is 6.22. The number of benzene rings is 1. The lowest BCUT2D eigenvalue weighted by Gasteiger charge is -2.11. The molecule has 0 fully saturated rings. The highest BCUT2D eigenvalue weighted by Crippen LogP contribution is 2.21. The van der Waals surface area contributed by atoms with E-state index in [9.17, 15) is 0 Å². The van der Waals surface area contributed by atoms with Crippen molar-refractivity contribution in [1.82, 2.24) is 0 Å². The van der Waals surface area contributed by atoms with Crippen molar-refractivity contribution in [3.63, 3.8) is 0 Å². The standard InChI is InChI=1S/C25H34N2/c1-8-9-12-15-27-25(26)21(6)17-24(22(7)20(5)16-18(2)3)23-14-11-10-13-19(23)4/h10-11,13-14,16-17H,2,4,7-9,12,15H2,1,3,5-6H3,(H2,26,27)/b20-16-,21-17+,24-23+. The number of hydrogen-bond donors (Lipinski definition) is 1. The van der Waals surface area contributed by atoms with Gasteiger partial charge in [0, 0.05) is 6.54 Å². The van der Waals surface area contributed by atoms with Crippen LogP contribution in [0.2, 0.25) is 0 Å². The van der Waals surface area contributed by atoms with Crippen LogP contribution in [0.1, 0.15) is 47.0 Å². The van der Waals surface area contributed by atoms with Crippen LogP contribution in [-0.4, -0.2) is 12.4 Å². The summed E-state index contributed by atoms with van der Waals surface area (Å²) in [7, 11) is 0. The zero-order valence-electron chi connectivity index (χ0n) is 17.4. The van der Waals surface area contributed by atoms with Gasteiger partial charge in [0.25, 0.3) is 0 Å². The molecule has 0 aliphatic heterocycles. The van der Waals surface area contributed by atoms with Gasteiger partial charge in [-0.1, -0.05) is 75.4 Å². The average Bonchev–Trinajstić information content (AvgIpc) is 2.62. The molecule has 0 aliphatic rings. The Balaban J connectivity index is 3.43. The number of aliphatic imine (C=N–C) groups is 1. The fraction of sp³-hybridized carbons (Fsp3) is 0.320. The second-order valence-corrected chi connectivity index (χ2v) is 7.02. The van der Waals surface area contributed by atoms with Crippen LogP contribution in [0.15, 0.2) is 76.9 Å². The molecule has 1 aromatic rings. The quantitative estimate of drug-likeness (QED) is 0.291. The van der Waals surface area contributed by atoms with Gasteiger partial charge in [0.15, 0.2) is 0 Å². The Morgan fingerprint density at radius 1 is 1.04 bits per heavy atom. The number of nitrogens with zero attached hydrogens (tertiary/aromatic N) is 1. The highest BCUT2D eigenvalue weighted by molar-refractivity contribution is 5.99. The number of allylic oxidation sites excluding steroid dienone is 5. The van der Waals surface area contributed by atoms with E-state index in [1.54, 1.807) is 0 Å². The summed E-state index contributed by atoms with van der Waals surface area (Å²) in [6.45, 7) is 21.4. The lowest BCUT2D eigenvalue weighted by Crippen LogP contribution is -2.26. The number of nitrogens with two attached hydrogens (primary N) is 1. The Hall–Kier alpha value is -2.61. The average molecular weight is 363 g/mol. The molecule has 2 N–H and O–H groups in total. The lowest BCUT2D eigenvalue weighted by atomic mass is 9.94. The van der Waals surface area contributed by atoms with Crippen molar-refractivity contribution in [2.24, 2.45) is 10.7 Å². The smallest absolute Gasteiger partial charge is 0.121 e. The monoisotopic (exact) mass is 362 g/mol. The molecule has 0 amide bonds. The predicted molar refractivity (Wildman–Crippen MR) is 122 cm³/mol. The molecule has 0 bridgehead atoms. The van der Waals surface area contributed by atoms with E-state index in [0.29, 0.717) is 5.84 Å². The first-order valence-electron chi connectivity index (χ1n) is 9.58. The first kappa shape index (κ1) is 22.4. The Bertz CT molecular complexity index is 879. The number of rotatable bonds is 9. The fourth-order valence-corrected chi connectivity index (χ4v) is 2.76. The summed E-state index contributed by atoms with van der Waals surface area (Å²) >= 11 is 0. The molecule has 2 nitrogen and oxygen atoms in total. The van der Waals surface area contributed by atoms with E-state index in [2.05, 4.69) is 43.8 Å². The van der Waals surface area contributed by atoms with Crippen LogP contribution in [0, 0.1) is 0 Å². The van der Waals surface area contributed by atoms with Gasteiger partial charge in [-0.25, -0.2) is 0 Å². The van der Waals surface area contributed by atoms with Crippen molar-refractivity contribution in [2.75, 3.05) is 6.54 Å². The third kappa shape index (κ3) is 7.26. The molecule has 0 spiro atoms. The van der Waals surface area contributed by atoms with Gasteiger partial charge in [-0.15, -0.1) is 0 Å². The summed E-state index contributed by atoms with van der Waals surface area (Å²) in [5.74, 6) is 0.583. The first-order valence-corrected chi connectivity index (χ1v) is 9.58. The zero-order valence-corrected chi connectivity index (χ0v) is 17.4. The van der Waals surface area contributed by atoms with Gasteiger partial charge in [-0.2, -0.15) is 0 Å². The molecule has 144 valence electrons. The molecule has 0 radical (unpaired) electrons. The van der Waals surface area contributed by atoms with Crippen LogP contribution in [-0.2, 0) is 0 Å². The molecular formula is C25H34N2. The molecule has 0 aromatic heterocycles. The number of amidine groups is 1. The minimum atomic E-state index is 0.583. The molecule has 1 rings (SSSR count). The fourth-order valence-electron chi connectivity index (χ4n) is 2.76. The third-order valence-electron chi connectivity index (χ3n) is 4.38. The molecular weight excluding hydrogens is 328 g/mol. The molecule has 0 aliphatic carbocycles. The maximum atomic E-state index is 6.22. The molecule has 0 heterocycles. The van der Waals surface area contributed by atoms with E-state index in [-0.39, 0.29) is 0 Å². The van der Waals surface area contributed by atoms with Crippen LogP contribution >= 0.6 is 0 Å². The largest absolute Gasteiger partial charge is 0.384 e. The summed E-state index contributed by atoms with van der Waals surface area (Å²) in [5.41, 5.74) is 11.2. The van der Waals surface area contributed by atoms with E-state index in [0.717, 1.165) is 51.3 Å². The SMILES string of the molecule is C=C(C)/C=C(/C)C(=C)C(/C=C(\C)C(N)=NCCCCC)=c1\ccccc1=C. The molecule has 0 unspecified atom stereocenters. The van der Waals surface area contributed by atoms with E-state index < -0.39 is 0 Å². The normalized spacial score (nSPS) is 14.1. The summed E-state index contributed by atoms with van der Waals surface area (Å²) < 4.78 is 0. The van der Waals surface area contributed by atoms with Gasteiger partial charge in [0.2, 0.25) is 0 Å². The Labute approximate surface area is 164 Å². The second kappa shape index (κ2) is 11.2. The summed E-state index contributed by atoms with van der Waals surface area (Å²) in [6.07, 6.45) is 7.53. The van der Waals surface area contributed by atoms with Crippen LogP contribution < -0.4 is 16.2 Å². The lowest BCUT2D eigenvalue weighted by molar-refractivity contribution is 0.728. The number of unbranched alkanes of at least 4 members (excludes halogenated alkanes) is 2. The van der Waals surface area contributed by atoms with Crippen molar-refractivity contribution < 1.29 is 0 Å². The second-order valence-electron chi connectivity index (χ2n) is 7.02. The topological polar surface area (TPSA) is 38.4 Å². The van der Waals surface area contributed by atoms with E-state index in [1.165, 1.54) is 12.8 Å². The molecule has 0 saturated heterocycles. The Morgan fingerprint density at radius 3 is 2.30 bits per heavy atom. The van der Waals surface area contributed by atoms with E-state index in [1.807, 2.05) is 45.0 Å². The zero-order chi connectivity index (χ0) is 20.4. The summed E-state index contributed by atoms with van der Waals surface area (Å²) in [6, 6.07) is 8.07. The van der Waals surface area contributed by atoms with Gasteiger partial charge >= 0.3 is 0 Å². The van der Waals surface area contributed by atoms with Crippen molar-refractivity contribution in [1.29, 1.82) is 0 Å².